The second-order valence-electron chi connectivity index (χ2n) is 3.20. The van der Waals surface area contributed by atoms with Gasteiger partial charge in [0.2, 0.25) is 0 Å². The number of pyridine rings is 1. The topological polar surface area (TPSA) is 45.1 Å². The van der Waals surface area contributed by atoms with E-state index in [0.29, 0.717) is 11.6 Å². The van der Waals surface area contributed by atoms with Gasteiger partial charge in [0, 0.05) is 19.3 Å². The quantitative estimate of drug-likeness (QED) is 0.741. The van der Waals surface area contributed by atoms with Crippen LogP contribution in [0.15, 0.2) is 12.3 Å². The lowest BCUT2D eigenvalue weighted by Crippen LogP contribution is -2.05. The molecule has 84 valence electrons. The summed E-state index contributed by atoms with van der Waals surface area (Å²) >= 11 is 5.56. The first-order valence-electron chi connectivity index (χ1n) is 4.90. The predicted molar refractivity (Wildman–Crippen MR) is 58.6 cm³/mol. The molecule has 0 fully saturated rings. The molecule has 3 nitrogen and oxygen atoms in total. The highest BCUT2D eigenvalue weighted by Gasteiger charge is 2.02. The molecular weight excluding hydrogens is 219 g/mol. The third kappa shape index (κ3) is 4.44. The highest BCUT2D eigenvalue weighted by atomic mass is 35.5. The van der Waals surface area contributed by atoms with Crippen LogP contribution in [0.5, 0.6) is 0 Å². The molecule has 0 bridgehead atoms. The van der Waals surface area contributed by atoms with Crippen molar-refractivity contribution in [1.82, 2.24) is 4.98 Å². The van der Waals surface area contributed by atoms with Gasteiger partial charge in [-0.1, -0.05) is 11.6 Å². The SMILES string of the molecule is OCCCCCNc1ncc(Cl)cc1F. The maximum Gasteiger partial charge on any atom is 0.166 e. The van der Waals surface area contributed by atoms with Crippen molar-refractivity contribution in [3.63, 3.8) is 0 Å². The van der Waals surface area contributed by atoms with Crippen LogP contribution in [0, 0.1) is 5.82 Å². The average molecular weight is 233 g/mol. The summed E-state index contributed by atoms with van der Waals surface area (Å²) in [7, 11) is 0. The monoisotopic (exact) mass is 232 g/mol. The average Bonchev–Trinajstić information content (AvgIpc) is 2.20. The normalized spacial score (nSPS) is 10.3. The van der Waals surface area contributed by atoms with E-state index in [1.165, 1.54) is 12.3 Å². The minimum Gasteiger partial charge on any atom is -0.396 e. The Morgan fingerprint density at radius 2 is 2.20 bits per heavy atom. The maximum absolute atomic E-state index is 13.2. The zero-order valence-corrected chi connectivity index (χ0v) is 9.10. The van der Waals surface area contributed by atoms with Crippen molar-refractivity contribution in [2.24, 2.45) is 0 Å². The van der Waals surface area contributed by atoms with Crippen LogP contribution in [-0.4, -0.2) is 23.2 Å². The van der Waals surface area contributed by atoms with E-state index in [-0.39, 0.29) is 12.4 Å². The second kappa shape index (κ2) is 6.58. The number of rotatable bonds is 6. The van der Waals surface area contributed by atoms with Gasteiger partial charge in [0.15, 0.2) is 11.6 Å². The van der Waals surface area contributed by atoms with Crippen molar-refractivity contribution < 1.29 is 9.50 Å². The van der Waals surface area contributed by atoms with E-state index in [4.69, 9.17) is 16.7 Å². The molecule has 1 aromatic heterocycles. The van der Waals surface area contributed by atoms with E-state index in [1.54, 1.807) is 0 Å². The molecule has 0 atom stereocenters. The molecule has 1 aromatic rings. The number of anilines is 1. The minimum atomic E-state index is -0.440. The summed E-state index contributed by atoms with van der Waals surface area (Å²) in [4.78, 5) is 3.83. The van der Waals surface area contributed by atoms with E-state index in [2.05, 4.69) is 10.3 Å². The van der Waals surface area contributed by atoms with Crippen LogP contribution < -0.4 is 5.32 Å². The van der Waals surface area contributed by atoms with Gasteiger partial charge in [-0.05, 0) is 25.3 Å². The number of aromatic nitrogens is 1. The Morgan fingerprint density at radius 3 is 2.87 bits per heavy atom. The van der Waals surface area contributed by atoms with E-state index >= 15 is 0 Å². The number of aliphatic hydroxyl groups excluding tert-OH is 1. The Morgan fingerprint density at radius 1 is 1.40 bits per heavy atom. The number of hydrogen-bond acceptors (Lipinski definition) is 3. The molecule has 0 saturated heterocycles. The van der Waals surface area contributed by atoms with Gasteiger partial charge in [-0.3, -0.25) is 0 Å². The summed E-state index contributed by atoms with van der Waals surface area (Å²) in [6, 6.07) is 1.23. The van der Waals surface area contributed by atoms with Crippen LogP contribution in [0.2, 0.25) is 5.02 Å². The number of aliphatic hydroxyl groups is 1. The molecule has 0 unspecified atom stereocenters. The summed E-state index contributed by atoms with van der Waals surface area (Å²) in [5.41, 5.74) is 0. The Bertz CT molecular complexity index is 309. The van der Waals surface area contributed by atoms with Crippen molar-refractivity contribution in [2.45, 2.75) is 19.3 Å². The third-order valence-electron chi connectivity index (χ3n) is 1.94. The summed E-state index contributed by atoms with van der Waals surface area (Å²) in [5.74, 6) is -0.215. The van der Waals surface area contributed by atoms with Gasteiger partial charge >= 0.3 is 0 Å². The van der Waals surface area contributed by atoms with Crippen molar-refractivity contribution in [3.05, 3.63) is 23.1 Å². The fourth-order valence-corrected chi connectivity index (χ4v) is 1.31. The molecule has 15 heavy (non-hydrogen) atoms. The molecule has 0 radical (unpaired) electrons. The predicted octanol–water partition coefficient (Wildman–Crippen LogP) is 2.45. The van der Waals surface area contributed by atoms with Crippen LogP contribution in [0.4, 0.5) is 10.2 Å². The summed E-state index contributed by atoms with van der Waals surface area (Å²) < 4.78 is 13.2. The number of hydrogen-bond donors (Lipinski definition) is 2. The standard InChI is InChI=1S/C10H14ClFN2O/c11-8-6-9(12)10(14-7-8)13-4-2-1-3-5-15/h6-7,15H,1-5H2,(H,13,14). The zero-order valence-electron chi connectivity index (χ0n) is 8.34. The fourth-order valence-electron chi connectivity index (χ4n) is 1.17. The molecule has 1 heterocycles. The van der Waals surface area contributed by atoms with Crippen molar-refractivity contribution in [1.29, 1.82) is 0 Å². The van der Waals surface area contributed by atoms with Crippen LogP contribution in [0.1, 0.15) is 19.3 Å². The van der Waals surface area contributed by atoms with Crippen molar-refractivity contribution in [3.8, 4) is 0 Å². The Balaban J connectivity index is 2.31. The summed E-state index contributed by atoms with van der Waals surface area (Å²) in [5, 5.41) is 11.7. The van der Waals surface area contributed by atoms with Gasteiger partial charge in [-0.2, -0.15) is 0 Å². The lowest BCUT2D eigenvalue weighted by molar-refractivity contribution is 0.283. The summed E-state index contributed by atoms with van der Waals surface area (Å²) in [6.45, 7) is 0.846. The molecular formula is C10H14ClFN2O. The Labute approximate surface area is 93.3 Å². The highest BCUT2D eigenvalue weighted by molar-refractivity contribution is 6.30. The molecule has 0 saturated carbocycles. The molecule has 0 aliphatic heterocycles. The van der Waals surface area contributed by atoms with Gasteiger partial charge in [-0.15, -0.1) is 0 Å². The molecule has 0 amide bonds. The molecule has 0 aromatic carbocycles. The number of halogens is 2. The second-order valence-corrected chi connectivity index (χ2v) is 3.63. The van der Waals surface area contributed by atoms with E-state index in [9.17, 15) is 4.39 Å². The van der Waals surface area contributed by atoms with Crippen LogP contribution in [0.3, 0.4) is 0 Å². The minimum absolute atomic E-state index is 0.202. The fraction of sp³-hybridized carbons (Fsp3) is 0.500. The van der Waals surface area contributed by atoms with Crippen LogP contribution in [-0.2, 0) is 0 Å². The molecule has 2 N–H and O–H groups in total. The van der Waals surface area contributed by atoms with E-state index < -0.39 is 5.82 Å². The lowest BCUT2D eigenvalue weighted by Gasteiger charge is -2.05. The molecule has 0 aliphatic carbocycles. The first kappa shape index (κ1) is 12.2. The Kier molecular flexibility index (Phi) is 5.36. The maximum atomic E-state index is 13.2. The van der Waals surface area contributed by atoms with Crippen LogP contribution in [0.25, 0.3) is 0 Å². The highest BCUT2D eigenvalue weighted by Crippen LogP contribution is 2.15. The lowest BCUT2D eigenvalue weighted by atomic mass is 10.2. The number of nitrogens with one attached hydrogen (secondary N) is 1. The molecule has 0 aliphatic rings. The van der Waals surface area contributed by atoms with Gasteiger partial charge in [0.1, 0.15) is 0 Å². The van der Waals surface area contributed by atoms with Gasteiger partial charge in [0.05, 0.1) is 5.02 Å². The Hall–Kier alpha value is -0.870. The third-order valence-corrected chi connectivity index (χ3v) is 2.14. The largest absolute Gasteiger partial charge is 0.396 e. The summed E-state index contributed by atoms with van der Waals surface area (Å²) in [6.07, 6.45) is 3.97. The molecule has 5 heteroatoms. The van der Waals surface area contributed by atoms with Gasteiger partial charge < -0.3 is 10.4 Å². The van der Waals surface area contributed by atoms with E-state index in [1.807, 2.05) is 0 Å². The number of unbranched alkanes of at least 4 members (excludes halogenated alkanes) is 2. The number of nitrogens with zero attached hydrogens (tertiary/aromatic N) is 1. The van der Waals surface area contributed by atoms with E-state index in [0.717, 1.165) is 19.3 Å². The van der Waals surface area contributed by atoms with Gasteiger partial charge in [0.25, 0.3) is 0 Å². The van der Waals surface area contributed by atoms with Gasteiger partial charge in [-0.25, -0.2) is 9.37 Å². The zero-order chi connectivity index (χ0) is 11.1. The van der Waals surface area contributed by atoms with Crippen molar-refractivity contribution in [2.75, 3.05) is 18.5 Å². The van der Waals surface area contributed by atoms with Crippen LogP contribution >= 0.6 is 11.6 Å². The first-order valence-corrected chi connectivity index (χ1v) is 5.27. The van der Waals surface area contributed by atoms with Crippen molar-refractivity contribution >= 4 is 17.4 Å². The molecule has 0 spiro atoms. The smallest absolute Gasteiger partial charge is 0.166 e. The first-order chi connectivity index (χ1) is 7.24. The molecule has 1 rings (SSSR count).